The van der Waals surface area contributed by atoms with Crippen LogP contribution in [0, 0.1) is 0 Å². The van der Waals surface area contributed by atoms with Crippen LogP contribution in [0.2, 0.25) is 0 Å². The number of nitrogens with one attached hydrogen (secondary N) is 2. The lowest BCUT2D eigenvalue weighted by Gasteiger charge is -2.26. The van der Waals surface area contributed by atoms with Crippen LogP contribution in [0.5, 0.6) is 0 Å². The van der Waals surface area contributed by atoms with Gasteiger partial charge in [0.1, 0.15) is 0 Å². The number of halogens is 1. The first-order valence-corrected chi connectivity index (χ1v) is 9.00. The van der Waals surface area contributed by atoms with Crippen LogP contribution in [0.1, 0.15) is 46.0 Å². The molecule has 0 saturated carbocycles. The summed E-state index contributed by atoms with van der Waals surface area (Å²) in [4.78, 5) is 9.24. The molecule has 0 radical (unpaired) electrons. The average Bonchev–Trinajstić information content (AvgIpc) is 2.53. The van der Waals surface area contributed by atoms with Crippen molar-refractivity contribution in [2.75, 3.05) is 53.4 Å². The van der Waals surface area contributed by atoms with Crippen LogP contribution in [-0.4, -0.2) is 75.2 Å². The molecule has 0 aromatic carbocycles. The largest absolute Gasteiger partial charge is 0.356 e. The Bertz CT molecular complexity index is 303. The van der Waals surface area contributed by atoms with Gasteiger partial charge in [0.15, 0.2) is 5.96 Å². The van der Waals surface area contributed by atoms with Crippen molar-refractivity contribution in [2.45, 2.75) is 52.0 Å². The summed E-state index contributed by atoms with van der Waals surface area (Å²) in [6, 6.07) is 0.636. The predicted octanol–water partition coefficient (Wildman–Crippen LogP) is 2.38. The molecule has 23 heavy (non-hydrogen) atoms. The second-order valence-corrected chi connectivity index (χ2v) is 6.61. The van der Waals surface area contributed by atoms with E-state index < -0.39 is 0 Å². The topological polar surface area (TPSA) is 42.9 Å². The van der Waals surface area contributed by atoms with Crippen LogP contribution in [0.4, 0.5) is 0 Å². The molecule has 138 valence electrons. The van der Waals surface area contributed by atoms with Gasteiger partial charge in [-0.1, -0.05) is 6.42 Å². The van der Waals surface area contributed by atoms with Crippen molar-refractivity contribution in [1.82, 2.24) is 20.4 Å². The van der Waals surface area contributed by atoms with E-state index in [1.807, 2.05) is 7.05 Å². The molecular weight excluding hydrogens is 401 g/mol. The highest BCUT2D eigenvalue weighted by Crippen LogP contribution is 2.07. The maximum Gasteiger partial charge on any atom is 0.191 e. The van der Waals surface area contributed by atoms with Crippen molar-refractivity contribution in [2.24, 2.45) is 4.99 Å². The third kappa shape index (κ3) is 11.2. The zero-order valence-electron chi connectivity index (χ0n) is 15.6. The Hall–Kier alpha value is -0.0800. The molecule has 2 N–H and O–H groups in total. The Morgan fingerprint density at radius 3 is 2.35 bits per heavy atom. The molecule has 1 fully saturated rings. The van der Waals surface area contributed by atoms with Crippen molar-refractivity contribution in [3.63, 3.8) is 0 Å². The summed E-state index contributed by atoms with van der Waals surface area (Å²) in [5.74, 6) is 0.939. The maximum absolute atomic E-state index is 4.30. The minimum atomic E-state index is 0. The average molecular weight is 439 g/mol. The van der Waals surface area contributed by atoms with Gasteiger partial charge in [0, 0.05) is 32.7 Å². The summed E-state index contributed by atoms with van der Waals surface area (Å²) in [6.07, 6.45) is 6.53. The summed E-state index contributed by atoms with van der Waals surface area (Å²) in [6.45, 7) is 11.3. The van der Waals surface area contributed by atoms with E-state index in [0.717, 1.165) is 25.6 Å². The molecule has 0 bridgehead atoms. The van der Waals surface area contributed by atoms with E-state index in [9.17, 15) is 0 Å². The van der Waals surface area contributed by atoms with Crippen LogP contribution < -0.4 is 10.6 Å². The highest BCUT2D eigenvalue weighted by molar-refractivity contribution is 14.0. The van der Waals surface area contributed by atoms with Crippen LogP contribution >= 0.6 is 24.0 Å². The van der Waals surface area contributed by atoms with Crippen LogP contribution in [-0.2, 0) is 0 Å². The van der Waals surface area contributed by atoms with Gasteiger partial charge >= 0.3 is 0 Å². The molecule has 0 aromatic rings. The van der Waals surface area contributed by atoms with E-state index in [4.69, 9.17) is 0 Å². The predicted molar refractivity (Wildman–Crippen MR) is 112 cm³/mol. The van der Waals surface area contributed by atoms with Gasteiger partial charge in [0.25, 0.3) is 0 Å². The molecule has 1 aliphatic rings. The number of hydrogen-bond acceptors (Lipinski definition) is 3. The second kappa shape index (κ2) is 14.3. The molecule has 0 unspecified atom stereocenters. The first-order valence-electron chi connectivity index (χ1n) is 9.00. The molecule has 1 rings (SSSR count). The number of rotatable bonds is 9. The minimum Gasteiger partial charge on any atom is -0.356 e. The van der Waals surface area contributed by atoms with Crippen molar-refractivity contribution in [3.8, 4) is 0 Å². The van der Waals surface area contributed by atoms with Gasteiger partial charge < -0.3 is 20.4 Å². The number of nitrogens with zero attached hydrogens (tertiary/aromatic N) is 3. The van der Waals surface area contributed by atoms with Gasteiger partial charge in [-0.25, -0.2) is 0 Å². The van der Waals surface area contributed by atoms with Gasteiger partial charge in [0.2, 0.25) is 0 Å². The van der Waals surface area contributed by atoms with Crippen molar-refractivity contribution in [1.29, 1.82) is 0 Å². The fraction of sp³-hybridized carbons (Fsp3) is 0.941. The first kappa shape index (κ1) is 22.9. The van der Waals surface area contributed by atoms with Gasteiger partial charge in [-0.3, -0.25) is 4.99 Å². The second-order valence-electron chi connectivity index (χ2n) is 6.61. The molecule has 1 saturated heterocycles. The van der Waals surface area contributed by atoms with E-state index in [1.54, 1.807) is 0 Å². The lowest BCUT2D eigenvalue weighted by atomic mass is 10.1. The Labute approximate surface area is 160 Å². The number of guanidine groups is 1. The number of hydrogen-bond donors (Lipinski definition) is 2. The molecule has 6 heteroatoms. The van der Waals surface area contributed by atoms with E-state index in [-0.39, 0.29) is 24.0 Å². The number of piperidine rings is 1. The standard InChI is InChI=1S/C17H37N5.HI/c1-16(2)21(4)12-9-6-10-19-17(18-3)20-11-15-22-13-7-5-8-14-22;/h16H,5-15H2,1-4H3,(H2,18,19,20);1H. The van der Waals surface area contributed by atoms with Crippen molar-refractivity contribution in [3.05, 3.63) is 0 Å². The van der Waals surface area contributed by atoms with E-state index in [0.29, 0.717) is 6.04 Å². The monoisotopic (exact) mass is 439 g/mol. The lowest BCUT2D eigenvalue weighted by Crippen LogP contribution is -2.43. The Morgan fingerprint density at radius 2 is 1.74 bits per heavy atom. The molecule has 0 aromatic heterocycles. The summed E-state index contributed by atoms with van der Waals surface area (Å²) in [5.41, 5.74) is 0. The minimum absolute atomic E-state index is 0. The van der Waals surface area contributed by atoms with Gasteiger partial charge in [-0.05, 0) is 66.2 Å². The molecule has 1 aliphatic heterocycles. The van der Waals surface area contributed by atoms with Gasteiger partial charge in [0.05, 0.1) is 0 Å². The zero-order valence-corrected chi connectivity index (χ0v) is 17.9. The van der Waals surface area contributed by atoms with Crippen LogP contribution in [0.25, 0.3) is 0 Å². The molecule has 5 nitrogen and oxygen atoms in total. The fourth-order valence-corrected chi connectivity index (χ4v) is 2.69. The molecule has 0 amide bonds. The lowest BCUT2D eigenvalue weighted by molar-refractivity contribution is 0.232. The molecule has 0 spiro atoms. The quantitative estimate of drug-likeness (QED) is 0.251. The number of unbranched alkanes of at least 4 members (excludes halogenated alkanes) is 1. The van der Waals surface area contributed by atoms with Gasteiger partial charge in [-0.2, -0.15) is 0 Å². The van der Waals surface area contributed by atoms with Crippen molar-refractivity contribution < 1.29 is 0 Å². The summed E-state index contributed by atoms with van der Waals surface area (Å²) in [7, 11) is 4.04. The smallest absolute Gasteiger partial charge is 0.191 e. The summed E-state index contributed by atoms with van der Waals surface area (Å²) >= 11 is 0. The van der Waals surface area contributed by atoms with E-state index in [2.05, 4.69) is 46.3 Å². The molecule has 0 atom stereocenters. The van der Waals surface area contributed by atoms with Crippen LogP contribution in [0.3, 0.4) is 0 Å². The number of aliphatic imine (C=N–C) groups is 1. The molecular formula is C17H38IN5. The Kier molecular flexibility index (Phi) is 14.2. The van der Waals surface area contributed by atoms with E-state index >= 15 is 0 Å². The first-order chi connectivity index (χ1) is 10.6. The molecule has 0 aliphatic carbocycles. The Morgan fingerprint density at radius 1 is 1.09 bits per heavy atom. The fourth-order valence-electron chi connectivity index (χ4n) is 2.69. The normalized spacial score (nSPS) is 16.5. The van der Waals surface area contributed by atoms with E-state index in [1.165, 1.54) is 51.7 Å². The summed E-state index contributed by atoms with van der Waals surface area (Å²) in [5, 5.41) is 6.83. The maximum atomic E-state index is 4.30. The third-order valence-corrected chi connectivity index (χ3v) is 4.50. The number of likely N-dealkylation sites (tertiary alicyclic amines) is 1. The van der Waals surface area contributed by atoms with Crippen LogP contribution in [0.15, 0.2) is 4.99 Å². The highest BCUT2D eigenvalue weighted by atomic mass is 127. The highest BCUT2D eigenvalue weighted by Gasteiger charge is 2.09. The van der Waals surface area contributed by atoms with Gasteiger partial charge in [-0.15, -0.1) is 24.0 Å². The SMILES string of the molecule is CN=C(NCCCCN(C)C(C)C)NCCN1CCCCC1.I. The third-order valence-electron chi connectivity index (χ3n) is 4.50. The van der Waals surface area contributed by atoms with Crippen molar-refractivity contribution >= 4 is 29.9 Å². The Balaban J connectivity index is 0.00000484. The zero-order chi connectivity index (χ0) is 16.2. The molecule has 1 heterocycles. The summed E-state index contributed by atoms with van der Waals surface area (Å²) < 4.78 is 0.